The van der Waals surface area contributed by atoms with E-state index in [1.807, 2.05) is 0 Å². The van der Waals surface area contributed by atoms with Crippen molar-refractivity contribution in [2.24, 2.45) is 5.92 Å². The molecule has 16 heavy (non-hydrogen) atoms. The van der Waals surface area contributed by atoms with Gasteiger partial charge in [-0.15, -0.1) is 0 Å². The number of aliphatic carboxylic acids is 1. The summed E-state index contributed by atoms with van der Waals surface area (Å²) >= 11 is 0. The summed E-state index contributed by atoms with van der Waals surface area (Å²) in [6.07, 6.45) is 0.124. The number of carboxylic acids is 1. The highest BCUT2D eigenvalue weighted by Gasteiger charge is 2.18. The summed E-state index contributed by atoms with van der Waals surface area (Å²) in [6.45, 7) is 2.02. The molecule has 92 valence electrons. The van der Waals surface area contributed by atoms with Crippen LogP contribution in [0.5, 0.6) is 0 Å². The van der Waals surface area contributed by atoms with E-state index in [1.165, 1.54) is 0 Å². The summed E-state index contributed by atoms with van der Waals surface area (Å²) in [6, 6.07) is 0. The zero-order valence-corrected chi connectivity index (χ0v) is 9.11. The van der Waals surface area contributed by atoms with Gasteiger partial charge in [0.05, 0.1) is 0 Å². The Labute approximate surface area is 94.0 Å². The van der Waals surface area contributed by atoms with E-state index in [4.69, 9.17) is 10.2 Å². The molecular weight excluding hydrogens is 212 g/mol. The van der Waals surface area contributed by atoms with Gasteiger partial charge in [0.2, 0.25) is 5.91 Å². The van der Waals surface area contributed by atoms with Crippen molar-refractivity contribution in [3.8, 4) is 0 Å². The summed E-state index contributed by atoms with van der Waals surface area (Å²) in [5.74, 6) is -0.954. The summed E-state index contributed by atoms with van der Waals surface area (Å²) in [5.41, 5.74) is 0. The third-order valence-corrected chi connectivity index (χ3v) is 2.66. The number of carboxylic acid groups (broad SMARTS) is 1. The predicted molar refractivity (Wildman–Crippen MR) is 56.9 cm³/mol. The van der Waals surface area contributed by atoms with Gasteiger partial charge in [0.15, 0.2) is 6.10 Å². The van der Waals surface area contributed by atoms with Gasteiger partial charge in [-0.1, -0.05) is 0 Å². The Kier molecular flexibility index (Phi) is 5.21. The molecule has 1 heterocycles. The molecule has 1 aliphatic heterocycles. The number of carbonyl (C=O) groups is 2. The van der Waals surface area contributed by atoms with Gasteiger partial charge in [-0.3, -0.25) is 4.79 Å². The first-order valence-electron chi connectivity index (χ1n) is 5.48. The first-order valence-corrected chi connectivity index (χ1v) is 5.48. The lowest BCUT2D eigenvalue weighted by Crippen LogP contribution is -2.31. The number of rotatable bonds is 6. The van der Waals surface area contributed by atoms with Crippen LogP contribution in [0.25, 0.3) is 0 Å². The predicted octanol–water partition coefficient (Wildman–Crippen LogP) is -1.06. The lowest BCUT2D eigenvalue weighted by Gasteiger charge is -2.10. The van der Waals surface area contributed by atoms with Gasteiger partial charge in [0.25, 0.3) is 0 Å². The van der Waals surface area contributed by atoms with Gasteiger partial charge in [-0.25, -0.2) is 4.79 Å². The standard InChI is InChI=1S/C10H18N2O4/c13-8(10(15)16)2-4-12-9(14)5-7-1-3-11-6-7/h7-8,11,13H,1-6H2,(H,12,14)(H,15,16)/t7?,8-/m0/s1. The Hall–Kier alpha value is -1.14. The summed E-state index contributed by atoms with van der Waals surface area (Å²) < 4.78 is 0. The maximum Gasteiger partial charge on any atom is 0.332 e. The molecule has 6 heteroatoms. The zero-order valence-electron chi connectivity index (χ0n) is 9.11. The normalized spacial score (nSPS) is 21.7. The van der Waals surface area contributed by atoms with Crippen LogP contribution in [0.2, 0.25) is 0 Å². The van der Waals surface area contributed by atoms with E-state index in [0.717, 1.165) is 19.5 Å². The van der Waals surface area contributed by atoms with E-state index in [1.54, 1.807) is 0 Å². The van der Waals surface area contributed by atoms with Crippen LogP contribution < -0.4 is 10.6 Å². The highest BCUT2D eigenvalue weighted by atomic mass is 16.4. The Morgan fingerprint density at radius 2 is 2.25 bits per heavy atom. The summed E-state index contributed by atoms with van der Waals surface area (Å²) in [4.78, 5) is 21.7. The Balaban J connectivity index is 2.08. The zero-order chi connectivity index (χ0) is 12.0. The van der Waals surface area contributed by atoms with Crippen LogP contribution in [-0.2, 0) is 9.59 Å². The van der Waals surface area contributed by atoms with Crippen LogP contribution in [0, 0.1) is 5.92 Å². The fraction of sp³-hybridized carbons (Fsp3) is 0.800. The van der Waals surface area contributed by atoms with E-state index >= 15 is 0 Å². The first-order chi connectivity index (χ1) is 7.59. The van der Waals surface area contributed by atoms with E-state index in [0.29, 0.717) is 12.3 Å². The van der Waals surface area contributed by atoms with Crippen molar-refractivity contribution in [2.75, 3.05) is 19.6 Å². The summed E-state index contributed by atoms with van der Waals surface area (Å²) in [7, 11) is 0. The van der Waals surface area contributed by atoms with Crippen molar-refractivity contribution in [3.63, 3.8) is 0 Å². The van der Waals surface area contributed by atoms with Crippen molar-refractivity contribution < 1.29 is 19.8 Å². The second kappa shape index (κ2) is 6.44. The molecule has 0 aliphatic carbocycles. The fourth-order valence-corrected chi connectivity index (χ4v) is 1.69. The molecule has 1 aliphatic rings. The lowest BCUT2D eigenvalue weighted by atomic mass is 10.0. The monoisotopic (exact) mass is 230 g/mol. The first kappa shape index (κ1) is 12.9. The minimum Gasteiger partial charge on any atom is -0.479 e. The second-order valence-electron chi connectivity index (χ2n) is 4.06. The minimum absolute atomic E-state index is 0.0456. The molecule has 1 saturated heterocycles. The molecule has 0 bridgehead atoms. The van der Waals surface area contributed by atoms with Crippen LogP contribution in [0.3, 0.4) is 0 Å². The second-order valence-corrected chi connectivity index (χ2v) is 4.06. The third kappa shape index (κ3) is 4.59. The Bertz CT molecular complexity index is 251. The highest BCUT2D eigenvalue weighted by molar-refractivity contribution is 5.76. The largest absolute Gasteiger partial charge is 0.479 e. The van der Waals surface area contributed by atoms with Crippen LogP contribution >= 0.6 is 0 Å². The average molecular weight is 230 g/mol. The van der Waals surface area contributed by atoms with Gasteiger partial charge in [-0.2, -0.15) is 0 Å². The van der Waals surface area contributed by atoms with Crippen LogP contribution in [-0.4, -0.2) is 47.8 Å². The SMILES string of the molecule is O=C(CC1CCNC1)NCC[C@H](O)C(=O)O. The number of aliphatic hydroxyl groups is 1. The van der Waals surface area contributed by atoms with Crippen LogP contribution in [0.1, 0.15) is 19.3 Å². The van der Waals surface area contributed by atoms with E-state index in [2.05, 4.69) is 10.6 Å². The molecule has 0 aromatic heterocycles. The molecule has 4 N–H and O–H groups in total. The number of carbonyl (C=O) groups excluding carboxylic acids is 1. The Morgan fingerprint density at radius 3 is 2.81 bits per heavy atom. The van der Waals surface area contributed by atoms with Crippen molar-refractivity contribution in [3.05, 3.63) is 0 Å². The van der Waals surface area contributed by atoms with Crippen molar-refractivity contribution >= 4 is 11.9 Å². The molecule has 6 nitrogen and oxygen atoms in total. The lowest BCUT2D eigenvalue weighted by molar-refractivity contribution is -0.147. The van der Waals surface area contributed by atoms with Crippen molar-refractivity contribution in [1.82, 2.24) is 10.6 Å². The maximum atomic E-state index is 11.4. The number of nitrogens with one attached hydrogen (secondary N) is 2. The number of aliphatic hydroxyl groups excluding tert-OH is 1. The molecule has 1 rings (SSSR count). The molecule has 2 atom stereocenters. The number of hydrogen-bond acceptors (Lipinski definition) is 4. The molecule has 1 unspecified atom stereocenters. The molecule has 0 radical (unpaired) electrons. The molecule has 0 saturated carbocycles. The van der Waals surface area contributed by atoms with Crippen LogP contribution in [0.15, 0.2) is 0 Å². The van der Waals surface area contributed by atoms with Crippen LogP contribution in [0.4, 0.5) is 0 Å². The molecule has 0 spiro atoms. The molecule has 0 aromatic rings. The highest BCUT2D eigenvalue weighted by Crippen LogP contribution is 2.11. The topological polar surface area (TPSA) is 98.7 Å². The van der Waals surface area contributed by atoms with Gasteiger partial charge >= 0.3 is 5.97 Å². The average Bonchev–Trinajstić information content (AvgIpc) is 2.70. The quantitative estimate of drug-likeness (QED) is 0.466. The van der Waals surface area contributed by atoms with Gasteiger partial charge < -0.3 is 20.8 Å². The van der Waals surface area contributed by atoms with Crippen molar-refractivity contribution in [1.29, 1.82) is 0 Å². The molecule has 1 amide bonds. The third-order valence-electron chi connectivity index (χ3n) is 2.66. The molecule has 1 fully saturated rings. The smallest absolute Gasteiger partial charge is 0.332 e. The van der Waals surface area contributed by atoms with E-state index < -0.39 is 12.1 Å². The van der Waals surface area contributed by atoms with Gasteiger partial charge in [0.1, 0.15) is 0 Å². The van der Waals surface area contributed by atoms with Crippen molar-refractivity contribution in [2.45, 2.75) is 25.4 Å². The summed E-state index contributed by atoms with van der Waals surface area (Å²) in [5, 5.41) is 23.1. The van der Waals surface area contributed by atoms with E-state index in [9.17, 15) is 9.59 Å². The van der Waals surface area contributed by atoms with Gasteiger partial charge in [0, 0.05) is 19.4 Å². The maximum absolute atomic E-state index is 11.4. The minimum atomic E-state index is -1.39. The van der Waals surface area contributed by atoms with E-state index in [-0.39, 0.29) is 18.9 Å². The molecule has 0 aromatic carbocycles. The fourth-order valence-electron chi connectivity index (χ4n) is 1.69. The Morgan fingerprint density at radius 1 is 1.50 bits per heavy atom. The number of hydrogen-bond donors (Lipinski definition) is 4. The molecular formula is C10H18N2O4. The number of amides is 1. The van der Waals surface area contributed by atoms with Gasteiger partial charge in [-0.05, 0) is 25.4 Å².